The summed E-state index contributed by atoms with van der Waals surface area (Å²) in [5.74, 6) is -0.274. The van der Waals surface area contributed by atoms with Crippen molar-refractivity contribution >= 4 is 11.9 Å². The lowest BCUT2D eigenvalue weighted by molar-refractivity contribution is -0.141. The van der Waals surface area contributed by atoms with Gasteiger partial charge in [-0.2, -0.15) is 0 Å². The number of aliphatic carboxylic acids is 1. The van der Waals surface area contributed by atoms with Crippen LogP contribution in [0.3, 0.4) is 0 Å². The summed E-state index contributed by atoms with van der Waals surface area (Å²) >= 11 is 0. The van der Waals surface area contributed by atoms with Gasteiger partial charge in [-0.1, -0.05) is 0 Å². The molecule has 0 aliphatic carbocycles. The first-order valence-corrected chi connectivity index (χ1v) is 6.96. The van der Waals surface area contributed by atoms with Gasteiger partial charge in [0.15, 0.2) is 0 Å². The Morgan fingerprint density at radius 3 is 2.95 bits per heavy atom. The first-order chi connectivity index (χ1) is 9.66. The van der Waals surface area contributed by atoms with E-state index in [9.17, 15) is 9.59 Å². The first-order valence-electron chi connectivity index (χ1n) is 6.96. The molecule has 0 radical (unpaired) electrons. The van der Waals surface area contributed by atoms with Gasteiger partial charge in [0.1, 0.15) is 11.8 Å². The van der Waals surface area contributed by atoms with Crippen LogP contribution < -0.4 is 4.74 Å². The Morgan fingerprint density at radius 2 is 2.15 bits per heavy atom. The van der Waals surface area contributed by atoms with Crippen molar-refractivity contribution in [1.82, 2.24) is 4.90 Å². The molecule has 1 aromatic carbocycles. The minimum Gasteiger partial charge on any atom is -0.493 e. The third-order valence-electron chi connectivity index (χ3n) is 3.95. The molecule has 106 valence electrons. The molecule has 1 N–H and O–H groups in total. The van der Waals surface area contributed by atoms with Gasteiger partial charge in [0, 0.05) is 12.1 Å². The summed E-state index contributed by atoms with van der Waals surface area (Å²) in [6.07, 6.45) is 3.14. The van der Waals surface area contributed by atoms with E-state index in [1.165, 1.54) is 4.90 Å². The van der Waals surface area contributed by atoms with E-state index < -0.39 is 12.0 Å². The van der Waals surface area contributed by atoms with Crippen LogP contribution >= 0.6 is 0 Å². The number of carbonyl (C=O) groups excluding carboxylic acids is 1. The number of nitrogens with zero attached hydrogens (tertiary/aromatic N) is 1. The molecular formula is C15H17NO4. The quantitative estimate of drug-likeness (QED) is 0.892. The van der Waals surface area contributed by atoms with Crippen molar-refractivity contribution in [3.05, 3.63) is 29.3 Å². The van der Waals surface area contributed by atoms with Gasteiger partial charge in [-0.25, -0.2) is 4.79 Å². The number of aryl methyl sites for hydroxylation is 1. The maximum Gasteiger partial charge on any atom is 0.326 e. The van der Waals surface area contributed by atoms with Gasteiger partial charge in [0.2, 0.25) is 0 Å². The fraction of sp³-hybridized carbons (Fsp3) is 0.467. The summed E-state index contributed by atoms with van der Waals surface area (Å²) in [5, 5.41) is 9.16. The second kappa shape index (κ2) is 5.15. The Labute approximate surface area is 117 Å². The number of carboxylic acids is 1. The van der Waals surface area contributed by atoms with Crippen LogP contribution in [0, 0.1) is 0 Å². The van der Waals surface area contributed by atoms with E-state index in [4.69, 9.17) is 9.84 Å². The highest BCUT2D eigenvalue weighted by Crippen LogP contribution is 2.27. The molecule has 1 amide bonds. The number of ether oxygens (including phenoxy) is 1. The summed E-state index contributed by atoms with van der Waals surface area (Å²) in [5.41, 5.74) is 1.59. The van der Waals surface area contributed by atoms with Crippen LogP contribution in [0.25, 0.3) is 0 Å². The van der Waals surface area contributed by atoms with Crippen LogP contribution in [0.2, 0.25) is 0 Å². The summed E-state index contributed by atoms with van der Waals surface area (Å²) in [6.45, 7) is 1.23. The van der Waals surface area contributed by atoms with Crippen LogP contribution in [-0.2, 0) is 11.2 Å². The highest BCUT2D eigenvalue weighted by molar-refractivity contribution is 5.97. The Balaban J connectivity index is 1.85. The largest absolute Gasteiger partial charge is 0.493 e. The molecule has 1 saturated heterocycles. The average Bonchev–Trinajstić information content (AvgIpc) is 2.95. The Morgan fingerprint density at radius 1 is 1.30 bits per heavy atom. The van der Waals surface area contributed by atoms with E-state index in [0.29, 0.717) is 25.1 Å². The average molecular weight is 275 g/mol. The Kier molecular flexibility index (Phi) is 3.34. The van der Waals surface area contributed by atoms with Crippen LogP contribution in [0.5, 0.6) is 5.75 Å². The molecule has 5 heteroatoms. The second-order valence-corrected chi connectivity index (χ2v) is 5.27. The lowest BCUT2D eigenvalue weighted by atomic mass is 10.0. The monoisotopic (exact) mass is 275 g/mol. The molecule has 1 unspecified atom stereocenters. The van der Waals surface area contributed by atoms with E-state index in [0.717, 1.165) is 30.6 Å². The van der Waals surface area contributed by atoms with Crippen LogP contribution in [0.1, 0.15) is 35.2 Å². The molecule has 0 spiro atoms. The van der Waals surface area contributed by atoms with Crippen molar-refractivity contribution in [3.8, 4) is 5.75 Å². The maximum atomic E-state index is 12.5. The number of likely N-dealkylation sites (tertiary alicyclic amines) is 1. The molecule has 5 nitrogen and oxygen atoms in total. The number of hydrogen-bond donors (Lipinski definition) is 1. The highest BCUT2D eigenvalue weighted by Gasteiger charge is 2.34. The van der Waals surface area contributed by atoms with Crippen molar-refractivity contribution in [2.75, 3.05) is 13.2 Å². The third-order valence-corrected chi connectivity index (χ3v) is 3.95. The lowest BCUT2D eigenvalue weighted by Crippen LogP contribution is -2.40. The number of hydrogen-bond acceptors (Lipinski definition) is 3. The smallest absolute Gasteiger partial charge is 0.326 e. The van der Waals surface area contributed by atoms with E-state index in [-0.39, 0.29) is 5.91 Å². The molecular weight excluding hydrogens is 258 g/mol. The van der Waals surface area contributed by atoms with Crippen LogP contribution in [0.15, 0.2) is 18.2 Å². The molecule has 20 heavy (non-hydrogen) atoms. The van der Waals surface area contributed by atoms with Crippen molar-refractivity contribution in [2.24, 2.45) is 0 Å². The Hall–Kier alpha value is -2.04. The molecule has 2 aliphatic heterocycles. The van der Waals surface area contributed by atoms with E-state index in [1.807, 2.05) is 12.1 Å². The van der Waals surface area contributed by atoms with Gasteiger partial charge in [0.05, 0.1) is 6.61 Å². The number of rotatable bonds is 2. The van der Waals surface area contributed by atoms with Crippen molar-refractivity contribution in [2.45, 2.75) is 31.7 Å². The van der Waals surface area contributed by atoms with Gasteiger partial charge in [0.25, 0.3) is 5.91 Å². The molecule has 1 atom stereocenters. The second-order valence-electron chi connectivity index (χ2n) is 5.27. The van der Waals surface area contributed by atoms with Gasteiger partial charge < -0.3 is 14.7 Å². The molecule has 2 aliphatic rings. The topological polar surface area (TPSA) is 66.8 Å². The SMILES string of the molecule is O=C(O)C1CCCN1C(=O)c1ccc2c(c1)CCCO2. The maximum absolute atomic E-state index is 12.5. The van der Waals surface area contributed by atoms with Gasteiger partial charge in [-0.3, -0.25) is 4.79 Å². The van der Waals surface area contributed by atoms with E-state index in [1.54, 1.807) is 6.07 Å². The molecule has 3 rings (SSSR count). The molecule has 0 aromatic heterocycles. The fourth-order valence-electron chi connectivity index (χ4n) is 2.93. The van der Waals surface area contributed by atoms with E-state index >= 15 is 0 Å². The molecule has 1 fully saturated rings. The summed E-state index contributed by atoms with van der Waals surface area (Å²) in [4.78, 5) is 25.1. The number of benzene rings is 1. The van der Waals surface area contributed by atoms with E-state index in [2.05, 4.69) is 0 Å². The number of amides is 1. The number of fused-ring (bicyclic) bond motifs is 1. The number of carbonyl (C=O) groups is 2. The van der Waals surface area contributed by atoms with Crippen molar-refractivity contribution in [3.63, 3.8) is 0 Å². The standard InChI is InChI=1S/C15H17NO4/c17-14(16-7-1-4-12(16)15(18)19)11-5-6-13-10(9-11)3-2-8-20-13/h5-6,9,12H,1-4,7-8H2,(H,18,19). The highest BCUT2D eigenvalue weighted by atomic mass is 16.5. The first kappa shape index (κ1) is 13.0. The van der Waals surface area contributed by atoms with Crippen molar-refractivity contribution in [1.29, 1.82) is 0 Å². The predicted molar refractivity (Wildman–Crippen MR) is 72.0 cm³/mol. The molecule has 1 aromatic rings. The minimum atomic E-state index is -0.919. The lowest BCUT2D eigenvalue weighted by Gasteiger charge is -2.23. The summed E-state index contributed by atoms with van der Waals surface area (Å²) in [6, 6.07) is 4.69. The molecule has 0 bridgehead atoms. The summed E-state index contributed by atoms with van der Waals surface area (Å²) in [7, 11) is 0. The number of carboxylic acid groups (broad SMARTS) is 1. The van der Waals surface area contributed by atoms with Crippen LogP contribution in [-0.4, -0.2) is 41.1 Å². The van der Waals surface area contributed by atoms with Crippen molar-refractivity contribution < 1.29 is 19.4 Å². The molecule has 0 saturated carbocycles. The fourth-order valence-corrected chi connectivity index (χ4v) is 2.93. The zero-order chi connectivity index (χ0) is 14.1. The van der Waals surface area contributed by atoms with Gasteiger partial charge in [-0.05, 0) is 49.4 Å². The van der Waals surface area contributed by atoms with Gasteiger partial charge >= 0.3 is 5.97 Å². The third kappa shape index (κ3) is 2.24. The Bertz CT molecular complexity index is 555. The minimum absolute atomic E-state index is 0.191. The van der Waals surface area contributed by atoms with Crippen LogP contribution in [0.4, 0.5) is 0 Å². The molecule has 2 heterocycles. The zero-order valence-corrected chi connectivity index (χ0v) is 11.2. The van der Waals surface area contributed by atoms with Gasteiger partial charge in [-0.15, -0.1) is 0 Å². The normalized spacial score (nSPS) is 21.2. The summed E-state index contributed by atoms with van der Waals surface area (Å²) < 4.78 is 5.52. The predicted octanol–water partition coefficient (Wildman–Crippen LogP) is 1.70. The zero-order valence-electron chi connectivity index (χ0n) is 11.2.